The second-order valence-corrected chi connectivity index (χ2v) is 6.05. The van der Waals surface area contributed by atoms with E-state index in [4.69, 9.17) is 10.5 Å². The molecule has 0 saturated carbocycles. The van der Waals surface area contributed by atoms with Crippen LogP contribution in [0.2, 0.25) is 0 Å². The number of hydrogen-bond acceptors (Lipinski definition) is 3. The molecule has 0 aromatic carbocycles. The fraction of sp³-hybridized carbons (Fsp3) is 0.923. The summed E-state index contributed by atoms with van der Waals surface area (Å²) in [4.78, 5) is 13.4. The Morgan fingerprint density at radius 3 is 2.58 bits per heavy atom. The molecule has 1 saturated heterocycles. The number of hydrogen-bond donors (Lipinski definition) is 1. The predicted molar refractivity (Wildman–Crippen MR) is 69.1 cm³/mol. The lowest BCUT2D eigenvalue weighted by atomic mass is 9.89. The number of amides is 1. The van der Waals surface area contributed by atoms with Gasteiger partial charge in [0, 0.05) is 19.0 Å². The van der Waals surface area contributed by atoms with E-state index in [1.807, 2.05) is 0 Å². The highest BCUT2D eigenvalue weighted by molar-refractivity contribution is 5.68. The molecule has 4 nitrogen and oxygen atoms in total. The van der Waals surface area contributed by atoms with E-state index in [2.05, 4.69) is 0 Å². The minimum absolute atomic E-state index is 0.184. The number of ether oxygens (including phenoxy) is 1. The van der Waals surface area contributed by atoms with Crippen LogP contribution in [-0.4, -0.2) is 42.7 Å². The maximum atomic E-state index is 12.9. The summed E-state index contributed by atoms with van der Waals surface area (Å²) in [5, 5.41) is 0. The Morgan fingerprint density at radius 1 is 1.47 bits per heavy atom. The van der Waals surface area contributed by atoms with Crippen molar-refractivity contribution in [2.24, 2.45) is 17.6 Å². The van der Waals surface area contributed by atoms with Crippen molar-refractivity contribution in [3.63, 3.8) is 0 Å². The van der Waals surface area contributed by atoms with Crippen molar-refractivity contribution in [1.82, 2.24) is 4.90 Å². The van der Waals surface area contributed by atoms with E-state index in [-0.39, 0.29) is 12.5 Å². The van der Waals surface area contributed by atoms with Gasteiger partial charge in [-0.25, -0.2) is 13.6 Å². The van der Waals surface area contributed by atoms with E-state index in [1.165, 1.54) is 4.90 Å². The molecule has 1 fully saturated rings. The van der Waals surface area contributed by atoms with Gasteiger partial charge in [0.1, 0.15) is 5.60 Å². The van der Waals surface area contributed by atoms with Gasteiger partial charge in [0.25, 0.3) is 0 Å². The van der Waals surface area contributed by atoms with Crippen molar-refractivity contribution in [2.75, 3.05) is 19.6 Å². The number of nitrogens with zero attached hydrogens (tertiary/aromatic N) is 1. The molecule has 1 amide bonds. The molecule has 2 unspecified atom stereocenters. The molecule has 2 N–H and O–H groups in total. The average molecular weight is 278 g/mol. The predicted octanol–water partition coefficient (Wildman–Crippen LogP) is 2.47. The van der Waals surface area contributed by atoms with Crippen molar-refractivity contribution in [2.45, 2.75) is 45.6 Å². The summed E-state index contributed by atoms with van der Waals surface area (Å²) >= 11 is 0. The number of carbonyl (C=O) groups is 1. The van der Waals surface area contributed by atoms with Crippen LogP contribution in [0.3, 0.4) is 0 Å². The molecule has 6 heteroatoms. The first kappa shape index (κ1) is 16.1. The highest BCUT2D eigenvalue weighted by atomic mass is 19.3. The number of rotatable bonds is 4. The zero-order valence-electron chi connectivity index (χ0n) is 11.9. The average Bonchev–Trinajstić information content (AvgIpc) is 2.72. The monoisotopic (exact) mass is 278 g/mol. The molecule has 2 atom stereocenters. The summed E-state index contributed by atoms with van der Waals surface area (Å²) in [7, 11) is 0. The molecule has 0 bridgehead atoms. The number of alkyl halides is 2. The second kappa shape index (κ2) is 6.50. The van der Waals surface area contributed by atoms with Gasteiger partial charge in [-0.3, -0.25) is 0 Å². The highest BCUT2D eigenvalue weighted by Crippen LogP contribution is 2.31. The maximum Gasteiger partial charge on any atom is 0.410 e. The van der Waals surface area contributed by atoms with Gasteiger partial charge < -0.3 is 15.4 Å². The van der Waals surface area contributed by atoms with Crippen molar-refractivity contribution in [3.05, 3.63) is 0 Å². The zero-order valence-corrected chi connectivity index (χ0v) is 11.9. The molecule has 19 heavy (non-hydrogen) atoms. The number of nitrogens with two attached hydrogens (primary N) is 1. The van der Waals surface area contributed by atoms with Crippen LogP contribution in [0.15, 0.2) is 0 Å². The minimum Gasteiger partial charge on any atom is -0.444 e. The molecule has 0 aromatic heterocycles. The third-order valence-electron chi connectivity index (χ3n) is 3.31. The van der Waals surface area contributed by atoms with Gasteiger partial charge in [-0.1, -0.05) is 0 Å². The molecule has 1 rings (SSSR count). The van der Waals surface area contributed by atoms with Gasteiger partial charge in [0.2, 0.25) is 6.43 Å². The van der Waals surface area contributed by atoms with Crippen molar-refractivity contribution in [1.29, 1.82) is 0 Å². The van der Waals surface area contributed by atoms with Gasteiger partial charge in [-0.05, 0) is 46.1 Å². The van der Waals surface area contributed by atoms with E-state index in [9.17, 15) is 13.6 Å². The lowest BCUT2D eigenvalue weighted by Crippen LogP contribution is -2.36. The zero-order chi connectivity index (χ0) is 14.6. The molecule has 0 aliphatic carbocycles. The Hall–Kier alpha value is -0.910. The summed E-state index contributed by atoms with van der Waals surface area (Å²) in [6, 6.07) is 0. The summed E-state index contributed by atoms with van der Waals surface area (Å²) in [5.41, 5.74) is 4.81. The largest absolute Gasteiger partial charge is 0.444 e. The molecule has 112 valence electrons. The SMILES string of the molecule is CC(C)(C)OC(=O)N1CCC(C(CCN)C(F)F)C1. The van der Waals surface area contributed by atoms with Gasteiger partial charge in [0.15, 0.2) is 0 Å². The summed E-state index contributed by atoms with van der Waals surface area (Å²) in [5.74, 6) is -0.909. The topological polar surface area (TPSA) is 55.6 Å². The smallest absolute Gasteiger partial charge is 0.410 e. The molecule has 1 aliphatic rings. The summed E-state index contributed by atoms with van der Waals surface area (Å²) in [6.45, 7) is 6.42. The summed E-state index contributed by atoms with van der Waals surface area (Å²) < 4.78 is 31.1. The van der Waals surface area contributed by atoms with Crippen LogP contribution in [0.4, 0.5) is 13.6 Å². The molecule has 1 heterocycles. The molecular formula is C13H24F2N2O2. The van der Waals surface area contributed by atoms with Gasteiger partial charge >= 0.3 is 6.09 Å². The Labute approximate surface area is 113 Å². The van der Waals surface area contributed by atoms with E-state index in [0.717, 1.165) is 0 Å². The van der Waals surface area contributed by atoms with E-state index < -0.39 is 24.0 Å². The summed E-state index contributed by atoms with van der Waals surface area (Å²) in [6.07, 6.45) is -1.92. The number of likely N-dealkylation sites (tertiary alicyclic amines) is 1. The van der Waals surface area contributed by atoms with Crippen molar-refractivity contribution < 1.29 is 18.3 Å². The van der Waals surface area contributed by atoms with Crippen LogP contribution in [0.1, 0.15) is 33.6 Å². The third kappa shape index (κ3) is 4.93. The third-order valence-corrected chi connectivity index (χ3v) is 3.31. The fourth-order valence-electron chi connectivity index (χ4n) is 2.39. The Bertz CT molecular complexity index is 306. The van der Waals surface area contributed by atoms with E-state index >= 15 is 0 Å². The lowest BCUT2D eigenvalue weighted by Gasteiger charge is -2.26. The van der Waals surface area contributed by atoms with Crippen LogP contribution in [-0.2, 0) is 4.74 Å². The van der Waals surface area contributed by atoms with E-state index in [0.29, 0.717) is 25.9 Å². The van der Waals surface area contributed by atoms with Crippen LogP contribution >= 0.6 is 0 Å². The number of carbonyl (C=O) groups excluding carboxylic acids is 1. The van der Waals surface area contributed by atoms with Gasteiger partial charge in [-0.2, -0.15) is 0 Å². The molecular weight excluding hydrogens is 254 g/mol. The molecule has 0 radical (unpaired) electrons. The van der Waals surface area contributed by atoms with Gasteiger partial charge in [0.05, 0.1) is 0 Å². The van der Waals surface area contributed by atoms with Crippen molar-refractivity contribution >= 4 is 6.09 Å². The molecule has 0 spiro atoms. The first-order chi connectivity index (χ1) is 8.74. The van der Waals surface area contributed by atoms with Gasteiger partial charge in [-0.15, -0.1) is 0 Å². The Kier molecular flexibility index (Phi) is 5.52. The lowest BCUT2D eigenvalue weighted by molar-refractivity contribution is 0.0217. The standard InChI is InChI=1S/C13H24F2N2O2/c1-13(2,3)19-12(18)17-7-5-9(8-17)10(4-6-16)11(14)15/h9-11H,4-8,16H2,1-3H3. The molecule has 1 aliphatic heterocycles. The molecule has 0 aromatic rings. The maximum absolute atomic E-state index is 12.9. The highest BCUT2D eigenvalue weighted by Gasteiger charge is 2.37. The Balaban J connectivity index is 2.54. The first-order valence-corrected chi connectivity index (χ1v) is 6.70. The Morgan fingerprint density at radius 2 is 2.11 bits per heavy atom. The first-order valence-electron chi connectivity index (χ1n) is 6.70. The normalized spacial score (nSPS) is 21.8. The van der Waals surface area contributed by atoms with Crippen LogP contribution in [0.25, 0.3) is 0 Å². The number of halogens is 2. The quantitative estimate of drug-likeness (QED) is 0.859. The van der Waals surface area contributed by atoms with Crippen LogP contribution < -0.4 is 5.73 Å². The van der Waals surface area contributed by atoms with Crippen molar-refractivity contribution in [3.8, 4) is 0 Å². The van der Waals surface area contributed by atoms with Crippen LogP contribution in [0, 0.1) is 11.8 Å². The van der Waals surface area contributed by atoms with Crippen LogP contribution in [0.5, 0.6) is 0 Å². The van der Waals surface area contributed by atoms with E-state index in [1.54, 1.807) is 20.8 Å². The fourth-order valence-corrected chi connectivity index (χ4v) is 2.39. The second-order valence-electron chi connectivity index (χ2n) is 6.05. The minimum atomic E-state index is -2.38.